The highest BCUT2D eigenvalue weighted by molar-refractivity contribution is 7.14. The van der Waals surface area contributed by atoms with E-state index in [2.05, 4.69) is 10.9 Å². The van der Waals surface area contributed by atoms with Gasteiger partial charge in [0.2, 0.25) is 0 Å². The third-order valence-corrected chi connectivity index (χ3v) is 2.77. The Morgan fingerprint density at radius 2 is 2.54 bits per heavy atom. The van der Waals surface area contributed by atoms with Crippen molar-refractivity contribution in [3.05, 3.63) is 17.5 Å². The monoisotopic (exact) mass is 197 g/mol. The number of nitrogens with one attached hydrogen (secondary N) is 1. The topological polar surface area (TPSA) is 35.4 Å². The van der Waals surface area contributed by atoms with Gasteiger partial charge in [-0.15, -0.1) is 16.8 Å². The Balaban J connectivity index is 1.72. The number of hydrogen-bond donors (Lipinski definition) is 1. The van der Waals surface area contributed by atoms with Crippen LogP contribution in [0.5, 0.6) is 0 Å². The zero-order valence-corrected chi connectivity index (χ0v) is 8.22. The summed E-state index contributed by atoms with van der Waals surface area (Å²) in [6.45, 7) is 0.848. The second-order valence-electron chi connectivity index (χ2n) is 3.04. The molecule has 1 unspecified atom stereocenters. The molecule has 1 radical (unpaired) electrons. The fraction of sp³-hybridized carbons (Fsp3) is 0.556. The lowest BCUT2D eigenvalue weighted by molar-refractivity contribution is -0.00277. The lowest BCUT2D eigenvalue weighted by Gasteiger charge is -2.21. The normalized spacial score (nSPS) is 22.9. The summed E-state index contributed by atoms with van der Waals surface area (Å²) in [5.41, 5.74) is 7.28. The zero-order chi connectivity index (χ0) is 8.93. The molecule has 1 aromatic rings. The molecule has 1 aliphatic heterocycles. The standard InChI is InChI=1S/C9H13N2OS/c1-2-6-12-8(4-1)10-11-9-5-3-7-13-9/h3,5,7-8,11H,1-2,4,6H2. The number of ether oxygens (including phenoxy) is 1. The molecule has 1 aromatic heterocycles. The number of anilines is 1. The van der Waals surface area contributed by atoms with E-state index in [0.717, 1.165) is 18.0 Å². The minimum absolute atomic E-state index is 0.0517. The van der Waals surface area contributed by atoms with Crippen molar-refractivity contribution in [3.8, 4) is 0 Å². The van der Waals surface area contributed by atoms with Gasteiger partial charge in [-0.25, -0.2) is 0 Å². The Bertz CT molecular complexity index is 232. The lowest BCUT2D eigenvalue weighted by Crippen LogP contribution is -2.32. The van der Waals surface area contributed by atoms with E-state index in [1.807, 2.05) is 17.5 Å². The van der Waals surface area contributed by atoms with Crippen molar-refractivity contribution >= 4 is 16.3 Å². The fourth-order valence-electron chi connectivity index (χ4n) is 1.30. The third kappa shape index (κ3) is 2.69. The van der Waals surface area contributed by atoms with E-state index in [4.69, 9.17) is 4.74 Å². The van der Waals surface area contributed by atoms with Gasteiger partial charge in [0.1, 0.15) is 11.2 Å². The van der Waals surface area contributed by atoms with Gasteiger partial charge in [-0.1, -0.05) is 0 Å². The second-order valence-corrected chi connectivity index (χ2v) is 3.99. The molecule has 0 aromatic carbocycles. The average Bonchev–Trinajstić information content (AvgIpc) is 2.69. The molecule has 3 nitrogen and oxygen atoms in total. The summed E-state index contributed by atoms with van der Waals surface area (Å²) >= 11 is 1.65. The number of nitrogens with zero attached hydrogens (tertiary/aromatic N) is 1. The van der Waals surface area contributed by atoms with Crippen LogP contribution in [-0.2, 0) is 4.74 Å². The van der Waals surface area contributed by atoms with Gasteiger partial charge in [-0.3, -0.25) is 5.43 Å². The molecule has 1 aliphatic rings. The molecule has 13 heavy (non-hydrogen) atoms. The molecule has 4 heteroatoms. The zero-order valence-electron chi connectivity index (χ0n) is 7.40. The highest BCUT2D eigenvalue weighted by atomic mass is 32.1. The molecular weight excluding hydrogens is 184 g/mol. The van der Waals surface area contributed by atoms with Crippen molar-refractivity contribution in [3.63, 3.8) is 0 Å². The van der Waals surface area contributed by atoms with Crippen molar-refractivity contribution < 1.29 is 4.74 Å². The van der Waals surface area contributed by atoms with E-state index in [1.54, 1.807) is 11.3 Å². The number of hydrogen-bond acceptors (Lipinski definition) is 3. The predicted octanol–water partition coefficient (Wildman–Crippen LogP) is 2.21. The van der Waals surface area contributed by atoms with Gasteiger partial charge < -0.3 is 4.74 Å². The Labute approximate surface area is 82.1 Å². The first kappa shape index (κ1) is 8.99. The van der Waals surface area contributed by atoms with Crippen LogP contribution in [0.4, 0.5) is 5.00 Å². The molecule has 0 aliphatic carbocycles. The van der Waals surface area contributed by atoms with Gasteiger partial charge in [0.25, 0.3) is 0 Å². The molecule has 0 bridgehead atoms. The molecule has 1 saturated heterocycles. The number of rotatable bonds is 3. The van der Waals surface area contributed by atoms with E-state index < -0.39 is 0 Å². The van der Waals surface area contributed by atoms with Gasteiger partial charge in [-0.2, -0.15) is 0 Å². The molecule has 0 saturated carbocycles. The van der Waals surface area contributed by atoms with Gasteiger partial charge in [0.15, 0.2) is 0 Å². The van der Waals surface area contributed by atoms with Gasteiger partial charge in [0.05, 0.1) is 0 Å². The maximum Gasteiger partial charge on any atom is 0.144 e. The van der Waals surface area contributed by atoms with E-state index >= 15 is 0 Å². The summed E-state index contributed by atoms with van der Waals surface area (Å²) in [5, 5.41) is 3.11. The van der Waals surface area contributed by atoms with Crippen LogP contribution >= 0.6 is 11.3 Å². The van der Waals surface area contributed by atoms with Crippen LogP contribution in [-0.4, -0.2) is 12.8 Å². The van der Waals surface area contributed by atoms with E-state index in [-0.39, 0.29) is 6.23 Å². The van der Waals surface area contributed by atoms with Crippen molar-refractivity contribution in [2.45, 2.75) is 25.5 Å². The summed E-state index contributed by atoms with van der Waals surface area (Å²) in [6, 6.07) is 4.02. The van der Waals surface area contributed by atoms with Gasteiger partial charge in [0, 0.05) is 6.61 Å². The minimum atomic E-state index is 0.0517. The van der Waals surface area contributed by atoms with Crippen LogP contribution in [0.1, 0.15) is 19.3 Å². The minimum Gasteiger partial charge on any atom is -0.360 e. The first-order valence-corrected chi connectivity index (χ1v) is 5.44. The SMILES string of the molecule is c1csc(N[N]C2CCCCO2)c1. The molecule has 71 valence electrons. The Morgan fingerprint density at radius 1 is 1.54 bits per heavy atom. The van der Waals surface area contributed by atoms with Crippen molar-refractivity contribution in [1.29, 1.82) is 0 Å². The van der Waals surface area contributed by atoms with Gasteiger partial charge >= 0.3 is 0 Å². The van der Waals surface area contributed by atoms with E-state index in [0.29, 0.717) is 0 Å². The van der Waals surface area contributed by atoms with E-state index in [9.17, 15) is 0 Å². The van der Waals surface area contributed by atoms with Crippen molar-refractivity contribution in [2.75, 3.05) is 12.0 Å². The van der Waals surface area contributed by atoms with E-state index in [1.165, 1.54) is 12.8 Å². The summed E-state index contributed by atoms with van der Waals surface area (Å²) < 4.78 is 5.45. The maximum atomic E-state index is 5.45. The summed E-state index contributed by atoms with van der Waals surface area (Å²) in [7, 11) is 0. The highest BCUT2D eigenvalue weighted by Crippen LogP contribution is 2.16. The number of thiophene rings is 1. The van der Waals surface area contributed by atoms with Crippen LogP contribution in [0, 0.1) is 0 Å². The molecule has 2 heterocycles. The van der Waals surface area contributed by atoms with Crippen LogP contribution in [0.15, 0.2) is 17.5 Å². The summed E-state index contributed by atoms with van der Waals surface area (Å²) in [5.74, 6) is 0. The first-order valence-electron chi connectivity index (χ1n) is 4.56. The second kappa shape index (κ2) is 4.60. The molecule has 0 spiro atoms. The fourth-order valence-corrected chi connectivity index (χ4v) is 1.87. The van der Waals surface area contributed by atoms with Crippen LogP contribution in [0.25, 0.3) is 0 Å². The molecule has 1 N–H and O–H groups in total. The largest absolute Gasteiger partial charge is 0.360 e. The molecule has 1 fully saturated rings. The lowest BCUT2D eigenvalue weighted by atomic mass is 10.2. The van der Waals surface area contributed by atoms with Crippen LogP contribution in [0.3, 0.4) is 0 Å². The van der Waals surface area contributed by atoms with Crippen molar-refractivity contribution in [1.82, 2.24) is 5.43 Å². The van der Waals surface area contributed by atoms with Crippen molar-refractivity contribution in [2.24, 2.45) is 0 Å². The molecular formula is C9H13N2OS. The Kier molecular flexibility index (Phi) is 3.18. The summed E-state index contributed by atoms with van der Waals surface area (Å²) in [4.78, 5) is 0. The van der Waals surface area contributed by atoms with Crippen LogP contribution < -0.4 is 10.9 Å². The van der Waals surface area contributed by atoms with Crippen LogP contribution in [0.2, 0.25) is 0 Å². The molecule has 1 atom stereocenters. The predicted molar refractivity (Wildman–Crippen MR) is 53.7 cm³/mol. The van der Waals surface area contributed by atoms with Gasteiger partial charge in [-0.05, 0) is 36.8 Å². The smallest absolute Gasteiger partial charge is 0.144 e. The molecule has 2 rings (SSSR count). The maximum absolute atomic E-state index is 5.45. The quantitative estimate of drug-likeness (QED) is 0.754. The summed E-state index contributed by atoms with van der Waals surface area (Å²) in [6.07, 6.45) is 3.49. The first-order chi connectivity index (χ1) is 6.45. The highest BCUT2D eigenvalue weighted by Gasteiger charge is 2.13. The third-order valence-electron chi connectivity index (χ3n) is 2.00. The Morgan fingerprint density at radius 3 is 3.23 bits per heavy atom. The Hall–Kier alpha value is -0.580. The molecule has 0 amide bonds. The average molecular weight is 197 g/mol.